The van der Waals surface area contributed by atoms with Crippen LogP contribution in [0.15, 0.2) is 18.2 Å². The summed E-state index contributed by atoms with van der Waals surface area (Å²) in [4.78, 5) is 11.8. The van der Waals surface area contributed by atoms with Gasteiger partial charge in [0.1, 0.15) is 12.4 Å². The molecule has 0 amide bonds. The number of halogens is 2. The predicted molar refractivity (Wildman–Crippen MR) is 88.9 cm³/mol. The third kappa shape index (κ3) is 3.03. The predicted octanol–water partition coefficient (Wildman–Crippen LogP) is 2.74. The first-order chi connectivity index (χ1) is 10.1. The van der Waals surface area contributed by atoms with Crippen molar-refractivity contribution in [3.05, 3.63) is 35.3 Å². The minimum atomic E-state index is -0.267. The van der Waals surface area contributed by atoms with Crippen LogP contribution in [0, 0.1) is 5.82 Å². The lowest BCUT2D eigenvalue weighted by Crippen LogP contribution is -2.28. The molecule has 0 saturated carbocycles. The highest BCUT2D eigenvalue weighted by molar-refractivity contribution is 8.93. The Kier molecular flexibility index (Phi) is 5.24. The Bertz CT molecular complexity index is 699. The summed E-state index contributed by atoms with van der Waals surface area (Å²) in [7, 11) is 0. The van der Waals surface area contributed by atoms with Crippen molar-refractivity contribution in [2.45, 2.75) is 38.8 Å². The van der Waals surface area contributed by atoms with Crippen LogP contribution in [0.2, 0.25) is 0 Å². The Morgan fingerprint density at radius 1 is 1.50 bits per heavy atom. The van der Waals surface area contributed by atoms with Crippen LogP contribution in [-0.4, -0.2) is 23.2 Å². The van der Waals surface area contributed by atoms with Crippen LogP contribution in [0.5, 0.6) is 0 Å². The average molecular weight is 371 g/mol. The fraction of sp³-hybridized carbons (Fsp3) is 0.438. The van der Waals surface area contributed by atoms with Crippen LogP contribution in [0.3, 0.4) is 0 Å². The number of fused-ring (bicyclic) bond motifs is 3. The molecule has 2 aromatic rings. The summed E-state index contributed by atoms with van der Waals surface area (Å²) in [6.07, 6.45) is 2.42. The number of ether oxygens (including phenoxy) is 1. The molecule has 1 aliphatic carbocycles. The largest absolute Gasteiger partial charge is 0.465 e. The molecule has 0 radical (unpaired) electrons. The maximum atomic E-state index is 13.6. The molecular weight excluding hydrogens is 351 g/mol. The summed E-state index contributed by atoms with van der Waals surface area (Å²) in [6, 6.07) is 4.79. The van der Waals surface area contributed by atoms with Crippen LogP contribution in [0.4, 0.5) is 4.39 Å². The van der Waals surface area contributed by atoms with Crippen LogP contribution >= 0.6 is 17.0 Å². The van der Waals surface area contributed by atoms with Crippen molar-refractivity contribution in [1.29, 1.82) is 0 Å². The summed E-state index contributed by atoms with van der Waals surface area (Å²) in [5.41, 5.74) is 9.09. The fourth-order valence-electron chi connectivity index (χ4n) is 3.17. The molecule has 1 unspecified atom stereocenters. The highest BCUT2D eigenvalue weighted by atomic mass is 79.9. The van der Waals surface area contributed by atoms with Gasteiger partial charge in [-0.3, -0.25) is 4.79 Å². The third-order valence-corrected chi connectivity index (χ3v) is 4.06. The van der Waals surface area contributed by atoms with Gasteiger partial charge in [0.25, 0.3) is 0 Å². The van der Waals surface area contributed by atoms with Gasteiger partial charge >= 0.3 is 5.97 Å². The van der Waals surface area contributed by atoms with Crippen LogP contribution < -0.4 is 5.73 Å². The maximum Gasteiger partial charge on any atom is 0.325 e. The molecule has 1 atom stereocenters. The summed E-state index contributed by atoms with van der Waals surface area (Å²) in [6.45, 7) is 2.32. The minimum Gasteiger partial charge on any atom is -0.465 e. The summed E-state index contributed by atoms with van der Waals surface area (Å²) < 4.78 is 20.6. The van der Waals surface area contributed by atoms with E-state index in [4.69, 9.17) is 10.5 Å². The van der Waals surface area contributed by atoms with Gasteiger partial charge in [-0.25, -0.2) is 4.39 Å². The molecule has 0 fully saturated rings. The second-order valence-corrected chi connectivity index (χ2v) is 5.48. The van der Waals surface area contributed by atoms with Gasteiger partial charge in [0.2, 0.25) is 0 Å². The second-order valence-electron chi connectivity index (χ2n) is 5.48. The molecule has 6 heteroatoms. The van der Waals surface area contributed by atoms with E-state index in [9.17, 15) is 9.18 Å². The molecule has 1 aromatic heterocycles. The molecule has 120 valence electrons. The van der Waals surface area contributed by atoms with Crippen molar-refractivity contribution in [2.24, 2.45) is 5.73 Å². The van der Waals surface area contributed by atoms with Gasteiger partial charge in [-0.1, -0.05) is 0 Å². The molecular formula is C16H20BrFN2O2. The summed E-state index contributed by atoms with van der Waals surface area (Å²) >= 11 is 0. The van der Waals surface area contributed by atoms with Gasteiger partial charge in [0.15, 0.2) is 0 Å². The number of hydrogen-bond acceptors (Lipinski definition) is 3. The summed E-state index contributed by atoms with van der Waals surface area (Å²) in [5.74, 6) is -0.533. The lowest BCUT2D eigenvalue weighted by molar-refractivity contribution is -0.143. The van der Waals surface area contributed by atoms with Crippen molar-refractivity contribution < 1.29 is 13.9 Å². The monoisotopic (exact) mass is 370 g/mol. The third-order valence-electron chi connectivity index (χ3n) is 4.06. The Morgan fingerprint density at radius 3 is 3.00 bits per heavy atom. The summed E-state index contributed by atoms with van der Waals surface area (Å²) in [5, 5.41) is 0.865. The SMILES string of the molecule is Br.CCOC(=O)Cn1c2c(c3cc(F)ccc31)CC(N)CC2. The first kappa shape index (κ1) is 17.0. The Morgan fingerprint density at radius 2 is 2.27 bits per heavy atom. The molecule has 1 aliphatic rings. The maximum absolute atomic E-state index is 13.6. The van der Waals surface area contributed by atoms with Crippen molar-refractivity contribution in [3.63, 3.8) is 0 Å². The molecule has 0 bridgehead atoms. The van der Waals surface area contributed by atoms with E-state index < -0.39 is 0 Å². The lowest BCUT2D eigenvalue weighted by Gasteiger charge is -2.20. The Balaban J connectivity index is 0.00000176. The number of nitrogens with two attached hydrogens (primary N) is 1. The number of aromatic nitrogens is 1. The van der Waals surface area contributed by atoms with E-state index in [0.29, 0.717) is 6.61 Å². The number of benzene rings is 1. The molecule has 1 heterocycles. The first-order valence-corrected chi connectivity index (χ1v) is 7.30. The number of esters is 1. The number of carbonyl (C=O) groups is 1. The van der Waals surface area contributed by atoms with Gasteiger partial charge in [-0.05, 0) is 49.9 Å². The Labute approximate surface area is 139 Å². The number of carbonyl (C=O) groups excluding carboxylic acids is 1. The average Bonchev–Trinajstić information content (AvgIpc) is 2.72. The second kappa shape index (κ2) is 6.79. The van der Waals surface area contributed by atoms with E-state index in [-0.39, 0.29) is 41.4 Å². The van der Waals surface area contributed by atoms with Gasteiger partial charge < -0.3 is 15.0 Å². The van der Waals surface area contributed by atoms with Crippen molar-refractivity contribution in [2.75, 3.05) is 6.61 Å². The van der Waals surface area contributed by atoms with Gasteiger partial charge in [0.05, 0.1) is 6.61 Å². The van der Waals surface area contributed by atoms with E-state index in [1.807, 2.05) is 4.57 Å². The van der Waals surface area contributed by atoms with Crippen molar-refractivity contribution in [1.82, 2.24) is 4.57 Å². The topological polar surface area (TPSA) is 57.2 Å². The van der Waals surface area contributed by atoms with E-state index in [2.05, 4.69) is 0 Å². The number of hydrogen-bond donors (Lipinski definition) is 1. The zero-order valence-electron chi connectivity index (χ0n) is 12.5. The van der Waals surface area contributed by atoms with Crippen molar-refractivity contribution in [3.8, 4) is 0 Å². The minimum absolute atomic E-state index is 0. The quantitative estimate of drug-likeness (QED) is 0.845. The molecule has 0 spiro atoms. The van der Waals surface area contributed by atoms with Crippen LogP contribution in [0.1, 0.15) is 24.6 Å². The number of rotatable bonds is 3. The normalized spacial score (nSPS) is 17.0. The molecule has 3 rings (SSSR count). The van der Waals surface area contributed by atoms with Gasteiger partial charge in [-0.2, -0.15) is 0 Å². The van der Waals surface area contributed by atoms with E-state index in [0.717, 1.165) is 41.4 Å². The standard InChI is InChI=1S/C16H19FN2O2.BrH/c1-2-21-16(20)9-19-14-5-3-10(17)7-12(14)13-8-11(18)4-6-15(13)19;/h3,5,7,11H,2,4,6,8-9,18H2,1H3;1H. The molecule has 22 heavy (non-hydrogen) atoms. The lowest BCUT2D eigenvalue weighted by atomic mass is 9.92. The van der Waals surface area contributed by atoms with E-state index >= 15 is 0 Å². The van der Waals surface area contributed by atoms with Crippen molar-refractivity contribution >= 4 is 33.9 Å². The van der Waals surface area contributed by atoms with E-state index in [1.165, 1.54) is 12.1 Å². The highest BCUT2D eigenvalue weighted by Gasteiger charge is 2.24. The van der Waals surface area contributed by atoms with Gasteiger partial charge in [-0.15, -0.1) is 17.0 Å². The fourth-order valence-corrected chi connectivity index (χ4v) is 3.17. The van der Waals surface area contributed by atoms with Gasteiger partial charge in [0, 0.05) is 22.6 Å². The molecule has 4 nitrogen and oxygen atoms in total. The van der Waals surface area contributed by atoms with E-state index in [1.54, 1.807) is 13.0 Å². The molecule has 2 N–H and O–H groups in total. The first-order valence-electron chi connectivity index (χ1n) is 7.30. The highest BCUT2D eigenvalue weighted by Crippen LogP contribution is 2.32. The molecule has 1 aromatic carbocycles. The van der Waals surface area contributed by atoms with Crippen LogP contribution in [0.25, 0.3) is 10.9 Å². The number of nitrogens with zero attached hydrogens (tertiary/aromatic N) is 1. The zero-order chi connectivity index (χ0) is 15.0. The molecule has 0 aliphatic heterocycles. The van der Waals surface area contributed by atoms with Crippen LogP contribution in [-0.2, 0) is 28.9 Å². The molecule has 0 saturated heterocycles. The Hall–Kier alpha value is -1.40. The smallest absolute Gasteiger partial charge is 0.325 e. The zero-order valence-corrected chi connectivity index (χ0v) is 14.2.